The second-order valence-electron chi connectivity index (χ2n) is 6.46. The van der Waals surface area contributed by atoms with E-state index in [2.05, 4.69) is 10.3 Å². The smallest absolute Gasteiger partial charge is 0.252 e. The number of halogens is 2. The molecule has 1 amide bonds. The van der Waals surface area contributed by atoms with Crippen molar-refractivity contribution in [2.24, 2.45) is 0 Å². The van der Waals surface area contributed by atoms with Crippen LogP contribution in [0.4, 0.5) is 0 Å². The van der Waals surface area contributed by atoms with Gasteiger partial charge in [0.25, 0.3) is 5.91 Å². The number of carbonyl (C=O) groups is 1. The van der Waals surface area contributed by atoms with Crippen molar-refractivity contribution >= 4 is 34.8 Å². The number of fused-ring (bicyclic) bond motifs is 1. The van der Waals surface area contributed by atoms with E-state index in [1.807, 2.05) is 0 Å². The molecule has 27 heavy (non-hydrogen) atoms. The first-order valence-corrected chi connectivity index (χ1v) is 9.29. The van der Waals surface area contributed by atoms with E-state index in [1.165, 1.54) is 0 Å². The van der Waals surface area contributed by atoms with E-state index >= 15 is 0 Å². The SMILES string of the molecule is O=C(NC1CC(Oc2cccc(Cl)c2Cl)C1)c1ccn2ccnc2c1CO. The van der Waals surface area contributed by atoms with Crippen molar-refractivity contribution in [1.29, 1.82) is 0 Å². The summed E-state index contributed by atoms with van der Waals surface area (Å²) in [7, 11) is 0. The van der Waals surface area contributed by atoms with Crippen molar-refractivity contribution in [3.63, 3.8) is 0 Å². The lowest BCUT2D eigenvalue weighted by molar-refractivity contribution is 0.0699. The van der Waals surface area contributed by atoms with Crippen molar-refractivity contribution in [2.45, 2.75) is 31.6 Å². The monoisotopic (exact) mass is 405 g/mol. The van der Waals surface area contributed by atoms with Crippen LogP contribution in [-0.4, -0.2) is 32.5 Å². The number of aliphatic hydroxyl groups is 1. The molecule has 2 N–H and O–H groups in total. The van der Waals surface area contributed by atoms with E-state index in [4.69, 9.17) is 27.9 Å². The van der Waals surface area contributed by atoms with E-state index in [0.717, 1.165) is 0 Å². The second kappa shape index (κ2) is 7.38. The standard InChI is InChI=1S/C19H17Cl2N3O3/c20-15-2-1-3-16(17(15)21)27-12-8-11(9-12)23-19(26)13-4-6-24-7-5-22-18(24)14(13)10-25/h1-7,11-12,25H,8-10H2,(H,23,26). The summed E-state index contributed by atoms with van der Waals surface area (Å²) < 4.78 is 7.62. The lowest BCUT2D eigenvalue weighted by atomic mass is 9.89. The predicted molar refractivity (Wildman–Crippen MR) is 102 cm³/mol. The summed E-state index contributed by atoms with van der Waals surface area (Å²) in [6, 6.07) is 6.95. The highest BCUT2D eigenvalue weighted by atomic mass is 35.5. The Hall–Kier alpha value is -2.28. The summed E-state index contributed by atoms with van der Waals surface area (Å²) in [4.78, 5) is 16.8. The zero-order valence-corrected chi connectivity index (χ0v) is 15.7. The maximum absolute atomic E-state index is 12.6. The Morgan fingerprint density at radius 3 is 2.89 bits per heavy atom. The predicted octanol–water partition coefficient (Wildman–Crippen LogP) is 3.47. The third-order valence-corrected chi connectivity index (χ3v) is 5.51. The molecule has 1 fully saturated rings. The van der Waals surface area contributed by atoms with Crippen LogP contribution in [-0.2, 0) is 6.61 Å². The molecule has 2 heterocycles. The number of hydrogen-bond acceptors (Lipinski definition) is 4. The maximum atomic E-state index is 12.6. The molecule has 3 aromatic rings. The number of amides is 1. The molecule has 0 atom stereocenters. The maximum Gasteiger partial charge on any atom is 0.252 e. The minimum Gasteiger partial charge on any atom is -0.489 e. The molecule has 6 nitrogen and oxygen atoms in total. The molecular formula is C19H17Cl2N3O3. The topological polar surface area (TPSA) is 75.9 Å². The average Bonchev–Trinajstić information content (AvgIpc) is 3.11. The molecule has 0 bridgehead atoms. The molecule has 0 saturated heterocycles. The van der Waals surface area contributed by atoms with Gasteiger partial charge in [-0.2, -0.15) is 0 Å². The molecule has 0 aliphatic heterocycles. The quantitative estimate of drug-likeness (QED) is 0.681. The van der Waals surface area contributed by atoms with Gasteiger partial charge in [0, 0.05) is 43.0 Å². The van der Waals surface area contributed by atoms with Crippen LogP contribution in [0.25, 0.3) is 5.65 Å². The third-order valence-electron chi connectivity index (χ3n) is 4.71. The molecule has 2 aromatic heterocycles. The minimum absolute atomic E-state index is 0.00275. The molecular weight excluding hydrogens is 389 g/mol. The van der Waals surface area contributed by atoms with Gasteiger partial charge in [-0.3, -0.25) is 4.79 Å². The van der Waals surface area contributed by atoms with E-state index in [1.54, 1.807) is 47.3 Å². The molecule has 140 valence electrons. The molecule has 1 saturated carbocycles. The van der Waals surface area contributed by atoms with Crippen LogP contribution < -0.4 is 10.1 Å². The van der Waals surface area contributed by atoms with Gasteiger partial charge in [-0.05, 0) is 18.2 Å². The summed E-state index contributed by atoms with van der Waals surface area (Å²) in [6.07, 6.45) is 6.47. The van der Waals surface area contributed by atoms with Crippen LogP contribution in [0.2, 0.25) is 10.0 Å². The molecule has 0 radical (unpaired) electrons. The second-order valence-corrected chi connectivity index (χ2v) is 7.24. The number of nitrogens with one attached hydrogen (secondary N) is 1. The van der Waals surface area contributed by atoms with E-state index < -0.39 is 0 Å². The fourth-order valence-electron chi connectivity index (χ4n) is 3.21. The first-order valence-electron chi connectivity index (χ1n) is 8.53. The van der Waals surface area contributed by atoms with Crippen molar-refractivity contribution in [3.8, 4) is 5.75 Å². The van der Waals surface area contributed by atoms with E-state index in [9.17, 15) is 9.90 Å². The largest absolute Gasteiger partial charge is 0.489 e. The van der Waals surface area contributed by atoms with Crippen LogP contribution in [0.5, 0.6) is 5.75 Å². The van der Waals surface area contributed by atoms with Crippen LogP contribution in [0.3, 0.4) is 0 Å². The van der Waals surface area contributed by atoms with Crippen molar-refractivity contribution in [1.82, 2.24) is 14.7 Å². The molecule has 1 aliphatic rings. The number of pyridine rings is 1. The summed E-state index contributed by atoms with van der Waals surface area (Å²) >= 11 is 12.1. The van der Waals surface area contributed by atoms with Gasteiger partial charge in [-0.25, -0.2) is 4.98 Å². The first-order chi connectivity index (χ1) is 13.1. The fourth-order valence-corrected chi connectivity index (χ4v) is 3.55. The fraction of sp³-hybridized carbons (Fsp3) is 0.263. The van der Waals surface area contributed by atoms with E-state index in [0.29, 0.717) is 45.4 Å². The van der Waals surface area contributed by atoms with Crippen LogP contribution in [0.15, 0.2) is 42.9 Å². The Kier molecular flexibility index (Phi) is 4.95. The van der Waals surface area contributed by atoms with Gasteiger partial charge in [0.2, 0.25) is 0 Å². The normalized spacial score (nSPS) is 18.9. The minimum atomic E-state index is -0.256. The Balaban J connectivity index is 1.39. The van der Waals surface area contributed by atoms with Crippen molar-refractivity contribution in [2.75, 3.05) is 0 Å². The van der Waals surface area contributed by atoms with Gasteiger partial charge in [0.1, 0.15) is 22.5 Å². The van der Waals surface area contributed by atoms with Crippen LogP contribution in [0, 0.1) is 0 Å². The summed E-state index contributed by atoms with van der Waals surface area (Å²) in [5.74, 6) is 0.319. The molecule has 1 aliphatic carbocycles. The van der Waals surface area contributed by atoms with Gasteiger partial charge in [0.15, 0.2) is 0 Å². The van der Waals surface area contributed by atoms with Gasteiger partial charge < -0.3 is 19.6 Å². The lowest BCUT2D eigenvalue weighted by Crippen LogP contribution is -2.49. The highest BCUT2D eigenvalue weighted by Crippen LogP contribution is 2.35. The Morgan fingerprint density at radius 2 is 2.11 bits per heavy atom. The third kappa shape index (κ3) is 3.48. The van der Waals surface area contributed by atoms with Crippen LogP contribution >= 0.6 is 23.2 Å². The number of rotatable bonds is 5. The van der Waals surface area contributed by atoms with Crippen molar-refractivity contribution < 1.29 is 14.6 Å². The van der Waals surface area contributed by atoms with Gasteiger partial charge in [-0.15, -0.1) is 0 Å². The Morgan fingerprint density at radius 1 is 1.30 bits per heavy atom. The van der Waals surface area contributed by atoms with Gasteiger partial charge >= 0.3 is 0 Å². The van der Waals surface area contributed by atoms with Crippen molar-refractivity contribution in [3.05, 3.63) is 64.0 Å². The zero-order valence-electron chi connectivity index (χ0n) is 14.2. The van der Waals surface area contributed by atoms with Gasteiger partial charge in [0.05, 0.1) is 17.2 Å². The highest BCUT2D eigenvalue weighted by molar-refractivity contribution is 6.42. The Labute approximate surface area is 165 Å². The number of benzene rings is 1. The molecule has 0 unspecified atom stereocenters. The van der Waals surface area contributed by atoms with E-state index in [-0.39, 0.29) is 24.7 Å². The Bertz CT molecular complexity index is 999. The number of ether oxygens (including phenoxy) is 1. The number of carbonyl (C=O) groups excluding carboxylic acids is 1. The summed E-state index contributed by atoms with van der Waals surface area (Å²) in [5, 5.41) is 13.5. The summed E-state index contributed by atoms with van der Waals surface area (Å²) in [5.41, 5.74) is 1.52. The number of nitrogens with zero attached hydrogens (tertiary/aromatic N) is 2. The number of aliphatic hydroxyl groups excluding tert-OH is 1. The number of hydrogen-bond donors (Lipinski definition) is 2. The summed E-state index contributed by atoms with van der Waals surface area (Å²) in [6.45, 7) is -0.256. The average molecular weight is 406 g/mol. The highest BCUT2D eigenvalue weighted by Gasteiger charge is 2.33. The molecule has 1 aromatic carbocycles. The first kappa shape index (κ1) is 18.1. The van der Waals surface area contributed by atoms with Gasteiger partial charge in [-0.1, -0.05) is 29.3 Å². The molecule has 4 rings (SSSR count). The molecule has 0 spiro atoms. The zero-order chi connectivity index (χ0) is 19.0. The lowest BCUT2D eigenvalue weighted by Gasteiger charge is -2.36. The van der Waals surface area contributed by atoms with Crippen LogP contribution in [0.1, 0.15) is 28.8 Å². The number of imidazole rings is 1. The number of aromatic nitrogens is 2. The molecule has 8 heteroatoms.